The summed E-state index contributed by atoms with van der Waals surface area (Å²) in [6.45, 7) is 4.05. The van der Waals surface area contributed by atoms with Gasteiger partial charge in [0, 0.05) is 4.47 Å². The standard InChI is InChI=1S/C25H23BrO2/c1-18(2)28-24-15-9-19(10-16-24)3-4-21-6-12-22(25(26)17-21)11-5-20-7-13-23(27)14-8-20/h3-18,27H,1-2H3/b4-3+,11-5+. The summed E-state index contributed by atoms with van der Waals surface area (Å²) in [5.74, 6) is 1.16. The summed E-state index contributed by atoms with van der Waals surface area (Å²) in [6, 6.07) is 21.5. The van der Waals surface area contributed by atoms with E-state index in [9.17, 15) is 5.11 Å². The molecule has 3 aromatic carbocycles. The lowest BCUT2D eigenvalue weighted by molar-refractivity contribution is 0.242. The molecule has 3 rings (SSSR count). The monoisotopic (exact) mass is 434 g/mol. The van der Waals surface area contributed by atoms with Crippen LogP contribution < -0.4 is 4.74 Å². The maximum absolute atomic E-state index is 9.35. The second kappa shape index (κ2) is 9.43. The quantitative estimate of drug-likeness (QED) is 0.412. The van der Waals surface area contributed by atoms with Crippen molar-refractivity contribution < 1.29 is 9.84 Å². The van der Waals surface area contributed by atoms with Crippen molar-refractivity contribution in [2.45, 2.75) is 20.0 Å². The van der Waals surface area contributed by atoms with Crippen molar-refractivity contribution in [3.63, 3.8) is 0 Å². The molecule has 0 atom stereocenters. The number of ether oxygens (including phenoxy) is 1. The largest absolute Gasteiger partial charge is 0.508 e. The van der Waals surface area contributed by atoms with E-state index in [4.69, 9.17) is 4.74 Å². The highest BCUT2D eigenvalue weighted by atomic mass is 79.9. The second-order valence-corrected chi connectivity index (χ2v) is 7.63. The molecule has 0 heterocycles. The van der Waals surface area contributed by atoms with Crippen LogP contribution in [0.5, 0.6) is 11.5 Å². The van der Waals surface area contributed by atoms with Crippen molar-refractivity contribution in [2.24, 2.45) is 0 Å². The van der Waals surface area contributed by atoms with Gasteiger partial charge in [-0.15, -0.1) is 0 Å². The Balaban J connectivity index is 1.68. The van der Waals surface area contributed by atoms with Crippen molar-refractivity contribution in [1.82, 2.24) is 0 Å². The molecule has 0 saturated heterocycles. The van der Waals surface area contributed by atoms with E-state index in [1.54, 1.807) is 12.1 Å². The zero-order valence-corrected chi connectivity index (χ0v) is 17.6. The topological polar surface area (TPSA) is 29.5 Å². The third-order valence-corrected chi connectivity index (χ3v) is 4.78. The second-order valence-electron chi connectivity index (χ2n) is 6.77. The Morgan fingerprint density at radius 3 is 1.89 bits per heavy atom. The van der Waals surface area contributed by atoms with E-state index in [0.29, 0.717) is 0 Å². The SMILES string of the molecule is CC(C)Oc1ccc(/C=C/c2ccc(/C=C/c3ccc(O)cc3)c(Br)c2)cc1. The van der Waals surface area contributed by atoms with Crippen LogP contribution >= 0.6 is 15.9 Å². The summed E-state index contributed by atoms with van der Waals surface area (Å²) in [5.41, 5.74) is 4.39. The first kappa shape index (κ1) is 20.0. The minimum absolute atomic E-state index is 0.181. The summed E-state index contributed by atoms with van der Waals surface area (Å²) < 4.78 is 6.71. The normalized spacial score (nSPS) is 11.6. The number of halogens is 1. The molecule has 0 saturated carbocycles. The molecule has 3 heteroatoms. The van der Waals surface area contributed by atoms with Gasteiger partial charge in [0.25, 0.3) is 0 Å². The summed E-state index contributed by atoms with van der Waals surface area (Å²) in [5, 5.41) is 9.35. The van der Waals surface area contributed by atoms with Gasteiger partial charge in [0.15, 0.2) is 0 Å². The van der Waals surface area contributed by atoms with Crippen molar-refractivity contribution >= 4 is 40.2 Å². The number of rotatable bonds is 6. The number of hydrogen-bond acceptors (Lipinski definition) is 2. The molecule has 142 valence electrons. The summed E-state index contributed by atoms with van der Waals surface area (Å²) >= 11 is 3.65. The Morgan fingerprint density at radius 2 is 1.29 bits per heavy atom. The van der Waals surface area contributed by atoms with E-state index in [1.807, 2.05) is 44.2 Å². The minimum atomic E-state index is 0.181. The van der Waals surface area contributed by atoms with Crippen LogP contribution in [0.4, 0.5) is 0 Å². The van der Waals surface area contributed by atoms with Gasteiger partial charge in [-0.1, -0.05) is 76.6 Å². The van der Waals surface area contributed by atoms with Gasteiger partial charge in [0.05, 0.1) is 6.10 Å². The molecule has 2 nitrogen and oxygen atoms in total. The zero-order valence-electron chi connectivity index (χ0n) is 16.0. The average Bonchev–Trinajstić information content (AvgIpc) is 2.67. The van der Waals surface area contributed by atoms with Gasteiger partial charge >= 0.3 is 0 Å². The fourth-order valence-corrected chi connectivity index (χ4v) is 3.20. The first-order valence-corrected chi connectivity index (χ1v) is 10.0. The number of phenolic OH excluding ortho intramolecular Hbond substituents is 1. The molecule has 0 fully saturated rings. The highest BCUT2D eigenvalue weighted by Gasteiger charge is 1.99. The smallest absolute Gasteiger partial charge is 0.119 e. The van der Waals surface area contributed by atoms with E-state index < -0.39 is 0 Å². The lowest BCUT2D eigenvalue weighted by Crippen LogP contribution is -2.05. The predicted molar refractivity (Wildman–Crippen MR) is 122 cm³/mol. The average molecular weight is 435 g/mol. The van der Waals surface area contributed by atoms with Crippen LogP contribution in [0.3, 0.4) is 0 Å². The Hall–Kier alpha value is -2.78. The van der Waals surface area contributed by atoms with E-state index >= 15 is 0 Å². The number of hydrogen-bond donors (Lipinski definition) is 1. The molecular formula is C25H23BrO2. The summed E-state index contributed by atoms with van der Waals surface area (Å²) in [4.78, 5) is 0. The molecule has 0 radical (unpaired) electrons. The lowest BCUT2D eigenvalue weighted by Gasteiger charge is -2.09. The lowest BCUT2D eigenvalue weighted by atomic mass is 10.1. The molecule has 0 unspecified atom stereocenters. The molecular weight excluding hydrogens is 412 g/mol. The Labute approximate surface area is 174 Å². The first-order valence-electron chi connectivity index (χ1n) is 9.21. The van der Waals surface area contributed by atoms with Gasteiger partial charge in [-0.2, -0.15) is 0 Å². The van der Waals surface area contributed by atoms with E-state index in [-0.39, 0.29) is 11.9 Å². The van der Waals surface area contributed by atoms with Gasteiger partial charge in [0.1, 0.15) is 11.5 Å². The predicted octanol–water partition coefficient (Wildman–Crippen LogP) is 7.28. The molecule has 0 spiro atoms. The summed E-state index contributed by atoms with van der Waals surface area (Å²) in [7, 11) is 0. The van der Waals surface area contributed by atoms with Gasteiger partial charge in [-0.25, -0.2) is 0 Å². The maximum Gasteiger partial charge on any atom is 0.119 e. The number of phenols is 1. The summed E-state index contributed by atoms with van der Waals surface area (Å²) in [6.07, 6.45) is 8.44. The molecule has 3 aromatic rings. The Bertz CT molecular complexity index is 968. The maximum atomic E-state index is 9.35. The van der Waals surface area contributed by atoms with Crippen molar-refractivity contribution in [3.05, 3.63) is 93.5 Å². The van der Waals surface area contributed by atoms with Crippen LogP contribution in [-0.4, -0.2) is 11.2 Å². The van der Waals surface area contributed by atoms with E-state index in [2.05, 4.69) is 64.5 Å². The third-order valence-electron chi connectivity index (χ3n) is 4.09. The van der Waals surface area contributed by atoms with Gasteiger partial charge in [-0.05, 0) is 66.4 Å². The number of benzene rings is 3. The molecule has 0 bridgehead atoms. The molecule has 1 N–H and O–H groups in total. The van der Waals surface area contributed by atoms with Gasteiger partial charge < -0.3 is 9.84 Å². The number of aromatic hydroxyl groups is 1. The van der Waals surface area contributed by atoms with Crippen LogP contribution in [0, 0.1) is 0 Å². The highest BCUT2D eigenvalue weighted by Crippen LogP contribution is 2.23. The van der Waals surface area contributed by atoms with Crippen LogP contribution in [0.25, 0.3) is 24.3 Å². The van der Waals surface area contributed by atoms with Crippen molar-refractivity contribution in [1.29, 1.82) is 0 Å². The zero-order chi connectivity index (χ0) is 19.9. The molecule has 0 aliphatic rings. The fraction of sp³-hybridized carbons (Fsp3) is 0.120. The van der Waals surface area contributed by atoms with Gasteiger partial charge in [0.2, 0.25) is 0 Å². The Morgan fingerprint density at radius 1 is 0.750 bits per heavy atom. The molecule has 0 aliphatic heterocycles. The first-order chi connectivity index (χ1) is 13.5. The molecule has 0 amide bonds. The minimum Gasteiger partial charge on any atom is -0.508 e. The van der Waals surface area contributed by atoms with Crippen LogP contribution in [-0.2, 0) is 0 Å². The van der Waals surface area contributed by atoms with Crippen LogP contribution in [0.2, 0.25) is 0 Å². The third kappa shape index (κ3) is 5.86. The van der Waals surface area contributed by atoms with E-state index in [1.165, 1.54) is 0 Å². The highest BCUT2D eigenvalue weighted by molar-refractivity contribution is 9.10. The fourth-order valence-electron chi connectivity index (χ4n) is 2.68. The van der Waals surface area contributed by atoms with E-state index in [0.717, 1.165) is 32.5 Å². The molecule has 28 heavy (non-hydrogen) atoms. The van der Waals surface area contributed by atoms with Crippen LogP contribution in [0.15, 0.2) is 71.2 Å². The van der Waals surface area contributed by atoms with Crippen molar-refractivity contribution in [3.8, 4) is 11.5 Å². The van der Waals surface area contributed by atoms with Crippen LogP contribution in [0.1, 0.15) is 36.1 Å². The Kier molecular flexibility index (Phi) is 6.72. The molecule has 0 aromatic heterocycles. The van der Waals surface area contributed by atoms with Gasteiger partial charge in [-0.3, -0.25) is 0 Å². The van der Waals surface area contributed by atoms with Crippen molar-refractivity contribution in [2.75, 3.05) is 0 Å². The molecule has 0 aliphatic carbocycles.